The summed E-state index contributed by atoms with van der Waals surface area (Å²) in [5.41, 5.74) is 0. The Morgan fingerprint density at radius 1 is 0.562 bits per heavy atom. The van der Waals surface area contributed by atoms with E-state index in [-0.39, 0.29) is 0 Å². The van der Waals surface area contributed by atoms with Crippen molar-refractivity contribution in [2.75, 3.05) is 26.2 Å². The van der Waals surface area contributed by atoms with Gasteiger partial charge >= 0.3 is 0 Å². The average molecular weight is 228 g/mol. The predicted octanol–water partition coefficient (Wildman–Crippen LogP) is 4.61. The van der Waals surface area contributed by atoms with E-state index in [0.29, 0.717) is 0 Å². The first-order valence-corrected chi connectivity index (χ1v) is 7.59. The van der Waals surface area contributed by atoms with Crippen molar-refractivity contribution in [1.82, 2.24) is 0 Å². The Hall–Kier alpha value is -0.0400. The monoisotopic (exact) mass is 228 g/mol. The van der Waals surface area contributed by atoms with Crippen molar-refractivity contribution < 1.29 is 4.48 Å². The number of nitrogens with zero attached hydrogens (tertiary/aromatic N) is 1. The molecule has 0 aliphatic heterocycles. The molecule has 1 unspecified atom stereocenters. The molecular formula is C15H34N+. The van der Waals surface area contributed by atoms with Gasteiger partial charge < -0.3 is 4.48 Å². The summed E-state index contributed by atoms with van der Waals surface area (Å²) in [5.74, 6) is 0. The van der Waals surface area contributed by atoms with Crippen LogP contribution in [-0.4, -0.2) is 30.7 Å². The molecule has 0 aromatic rings. The molecule has 0 saturated heterocycles. The molecule has 1 atom stereocenters. The fraction of sp³-hybridized carbons (Fsp3) is 1.00. The standard InChI is InChI=1S/C15H34N/c1-5-9-11-12-15-16(8-4,13-7-3)14-10-6-2/h5-15H2,1-4H3/q+1. The Labute approximate surface area is 104 Å². The number of unbranched alkanes of at least 4 members (excludes halogenated alkanes) is 4. The van der Waals surface area contributed by atoms with E-state index in [1.807, 2.05) is 0 Å². The SMILES string of the molecule is CCCCCC[N+](CC)(CCC)CCCC. The van der Waals surface area contributed by atoms with Crippen molar-refractivity contribution in [3.63, 3.8) is 0 Å². The third-order valence-electron chi connectivity index (χ3n) is 3.84. The number of hydrogen-bond donors (Lipinski definition) is 0. The molecular weight excluding hydrogens is 194 g/mol. The van der Waals surface area contributed by atoms with Gasteiger partial charge in [-0.25, -0.2) is 0 Å². The quantitative estimate of drug-likeness (QED) is 0.358. The van der Waals surface area contributed by atoms with E-state index in [4.69, 9.17) is 0 Å². The molecule has 0 aliphatic rings. The van der Waals surface area contributed by atoms with Crippen LogP contribution in [0.2, 0.25) is 0 Å². The zero-order valence-electron chi connectivity index (χ0n) is 12.2. The van der Waals surface area contributed by atoms with Gasteiger partial charge in [0.2, 0.25) is 0 Å². The highest BCUT2D eigenvalue weighted by atomic mass is 15.3. The average Bonchev–Trinajstić information content (AvgIpc) is 2.31. The molecule has 0 rings (SSSR count). The topological polar surface area (TPSA) is 0 Å². The van der Waals surface area contributed by atoms with Crippen LogP contribution >= 0.6 is 0 Å². The smallest absolute Gasteiger partial charge is 0.0786 e. The lowest BCUT2D eigenvalue weighted by molar-refractivity contribution is -0.927. The van der Waals surface area contributed by atoms with Crippen LogP contribution in [0, 0.1) is 0 Å². The van der Waals surface area contributed by atoms with Crippen molar-refractivity contribution in [2.24, 2.45) is 0 Å². The summed E-state index contributed by atoms with van der Waals surface area (Å²) >= 11 is 0. The first kappa shape index (κ1) is 16.0. The lowest BCUT2D eigenvalue weighted by Gasteiger charge is -2.38. The van der Waals surface area contributed by atoms with Gasteiger partial charge in [0, 0.05) is 0 Å². The van der Waals surface area contributed by atoms with Gasteiger partial charge in [-0.1, -0.05) is 40.0 Å². The van der Waals surface area contributed by atoms with Crippen LogP contribution < -0.4 is 0 Å². The summed E-state index contributed by atoms with van der Waals surface area (Å²) in [6.45, 7) is 14.9. The van der Waals surface area contributed by atoms with Crippen molar-refractivity contribution in [3.8, 4) is 0 Å². The fourth-order valence-electron chi connectivity index (χ4n) is 2.65. The van der Waals surface area contributed by atoms with E-state index in [0.717, 1.165) is 0 Å². The maximum Gasteiger partial charge on any atom is 0.0786 e. The summed E-state index contributed by atoms with van der Waals surface area (Å²) in [6, 6.07) is 0. The molecule has 98 valence electrons. The number of hydrogen-bond acceptors (Lipinski definition) is 0. The molecule has 0 N–H and O–H groups in total. The second kappa shape index (κ2) is 10.1. The zero-order chi connectivity index (χ0) is 12.3. The highest BCUT2D eigenvalue weighted by Gasteiger charge is 2.22. The summed E-state index contributed by atoms with van der Waals surface area (Å²) < 4.78 is 1.38. The van der Waals surface area contributed by atoms with Gasteiger partial charge in [0.1, 0.15) is 0 Å². The summed E-state index contributed by atoms with van der Waals surface area (Å²) in [4.78, 5) is 0. The number of quaternary nitrogens is 1. The minimum absolute atomic E-state index is 1.33. The van der Waals surface area contributed by atoms with E-state index >= 15 is 0 Å². The summed E-state index contributed by atoms with van der Waals surface area (Å²) in [7, 11) is 0. The minimum Gasteiger partial charge on any atom is -0.324 e. The Morgan fingerprint density at radius 2 is 1.19 bits per heavy atom. The molecule has 0 heterocycles. The van der Waals surface area contributed by atoms with Crippen molar-refractivity contribution in [3.05, 3.63) is 0 Å². The first-order chi connectivity index (χ1) is 7.74. The maximum absolute atomic E-state index is 2.38. The lowest BCUT2D eigenvalue weighted by Crippen LogP contribution is -2.49. The normalized spacial score (nSPS) is 15.0. The Kier molecular flexibility index (Phi) is 10.1. The second-order valence-corrected chi connectivity index (χ2v) is 5.24. The molecule has 0 spiro atoms. The highest BCUT2D eigenvalue weighted by Crippen LogP contribution is 2.14. The zero-order valence-corrected chi connectivity index (χ0v) is 12.2. The van der Waals surface area contributed by atoms with Gasteiger partial charge in [-0.3, -0.25) is 0 Å². The van der Waals surface area contributed by atoms with Gasteiger partial charge in [-0.15, -0.1) is 0 Å². The molecule has 0 fully saturated rings. The molecule has 0 bridgehead atoms. The lowest BCUT2D eigenvalue weighted by atomic mass is 10.1. The van der Waals surface area contributed by atoms with Gasteiger partial charge in [0.05, 0.1) is 26.2 Å². The van der Waals surface area contributed by atoms with Crippen molar-refractivity contribution >= 4 is 0 Å². The molecule has 0 aliphatic carbocycles. The van der Waals surface area contributed by atoms with Crippen molar-refractivity contribution in [2.45, 2.75) is 72.6 Å². The van der Waals surface area contributed by atoms with Gasteiger partial charge in [0.15, 0.2) is 0 Å². The molecule has 0 aromatic heterocycles. The fourth-order valence-corrected chi connectivity index (χ4v) is 2.65. The minimum atomic E-state index is 1.33. The van der Waals surface area contributed by atoms with Crippen LogP contribution in [0.25, 0.3) is 0 Å². The molecule has 16 heavy (non-hydrogen) atoms. The molecule has 0 aromatic carbocycles. The van der Waals surface area contributed by atoms with Gasteiger partial charge in [-0.2, -0.15) is 0 Å². The van der Waals surface area contributed by atoms with E-state index in [1.165, 1.54) is 75.6 Å². The molecule has 1 heteroatoms. The number of rotatable bonds is 11. The van der Waals surface area contributed by atoms with Crippen LogP contribution in [-0.2, 0) is 0 Å². The van der Waals surface area contributed by atoms with E-state index in [9.17, 15) is 0 Å². The van der Waals surface area contributed by atoms with Crippen molar-refractivity contribution in [1.29, 1.82) is 0 Å². The second-order valence-electron chi connectivity index (χ2n) is 5.24. The largest absolute Gasteiger partial charge is 0.324 e. The van der Waals surface area contributed by atoms with Gasteiger partial charge in [0.25, 0.3) is 0 Å². The van der Waals surface area contributed by atoms with E-state index in [2.05, 4.69) is 27.7 Å². The Morgan fingerprint density at radius 3 is 1.69 bits per heavy atom. The van der Waals surface area contributed by atoms with Gasteiger partial charge in [-0.05, 0) is 32.6 Å². The Balaban J connectivity index is 4.04. The summed E-state index contributed by atoms with van der Waals surface area (Å²) in [6.07, 6.45) is 9.74. The third-order valence-corrected chi connectivity index (χ3v) is 3.84. The van der Waals surface area contributed by atoms with E-state index < -0.39 is 0 Å². The molecule has 1 nitrogen and oxygen atoms in total. The van der Waals surface area contributed by atoms with Crippen LogP contribution in [0.5, 0.6) is 0 Å². The highest BCUT2D eigenvalue weighted by molar-refractivity contribution is 4.47. The first-order valence-electron chi connectivity index (χ1n) is 7.59. The van der Waals surface area contributed by atoms with Crippen LogP contribution in [0.4, 0.5) is 0 Å². The molecule has 0 amide bonds. The Bertz CT molecular complexity index is 144. The third kappa shape index (κ3) is 6.52. The maximum atomic E-state index is 2.38. The molecule has 0 saturated carbocycles. The van der Waals surface area contributed by atoms with Crippen LogP contribution in [0.1, 0.15) is 72.6 Å². The predicted molar refractivity (Wildman–Crippen MR) is 74.7 cm³/mol. The molecule has 0 radical (unpaired) electrons. The van der Waals surface area contributed by atoms with Crippen LogP contribution in [0.3, 0.4) is 0 Å². The van der Waals surface area contributed by atoms with Crippen LogP contribution in [0.15, 0.2) is 0 Å². The van der Waals surface area contributed by atoms with E-state index in [1.54, 1.807) is 0 Å². The summed E-state index contributed by atoms with van der Waals surface area (Å²) in [5, 5.41) is 0.